The van der Waals surface area contributed by atoms with Crippen molar-refractivity contribution in [3.05, 3.63) is 36.0 Å². The first-order valence-electron chi connectivity index (χ1n) is 7.74. The molecule has 3 amide bonds. The highest BCUT2D eigenvalue weighted by Crippen LogP contribution is 2.41. The van der Waals surface area contributed by atoms with Crippen LogP contribution in [0.15, 0.2) is 30.5 Å². The van der Waals surface area contributed by atoms with Gasteiger partial charge >= 0.3 is 6.03 Å². The number of urea groups is 1. The average molecular weight is 330 g/mol. The number of carbonyl (C=O) groups is 2. The monoisotopic (exact) mass is 330 g/mol. The number of hydrogen-bond donors (Lipinski definition) is 2. The van der Waals surface area contributed by atoms with Crippen molar-refractivity contribution in [3.63, 3.8) is 0 Å². The fourth-order valence-electron chi connectivity index (χ4n) is 3.20. The topological polar surface area (TPSA) is 68.4 Å². The lowest BCUT2D eigenvalue weighted by Crippen LogP contribution is -2.38. The van der Waals surface area contributed by atoms with E-state index in [-0.39, 0.29) is 17.3 Å². The molecule has 1 aromatic carbocycles. The maximum Gasteiger partial charge on any atom is 0.317 e. The lowest BCUT2D eigenvalue weighted by Gasteiger charge is -2.26. The molecule has 2 N–H and O–H groups in total. The third-order valence-corrected chi connectivity index (χ3v) is 5.65. The quantitative estimate of drug-likeness (QED) is 0.898. The fraction of sp³-hybridized carbons (Fsp3) is 0.375. The molecule has 4 rings (SSSR count). The smallest absolute Gasteiger partial charge is 0.317 e. The summed E-state index contributed by atoms with van der Waals surface area (Å²) >= 11 is 1.65. The third-order valence-electron chi connectivity index (χ3n) is 4.41. The second-order valence-corrected chi connectivity index (χ2v) is 6.83. The summed E-state index contributed by atoms with van der Waals surface area (Å²) in [7, 11) is 0. The Bertz CT molecular complexity index is 759. The number of aromatic amines is 1. The Morgan fingerprint density at radius 2 is 2.09 bits per heavy atom. The Labute approximate surface area is 138 Å². The van der Waals surface area contributed by atoms with E-state index in [0.29, 0.717) is 31.9 Å². The normalized spacial score (nSPS) is 21.5. The van der Waals surface area contributed by atoms with Crippen molar-refractivity contribution >= 4 is 34.6 Å². The van der Waals surface area contributed by atoms with Crippen molar-refractivity contribution in [2.45, 2.75) is 5.37 Å². The predicted molar refractivity (Wildman–Crippen MR) is 90.2 cm³/mol. The van der Waals surface area contributed by atoms with Crippen molar-refractivity contribution in [3.8, 4) is 0 Å². The predicted octanol–water partition coefficient (Wildman–Crippen LogP) is 1.77. The van der Waals surface area contributed by atoms with Gasteiger partial charge in [0, 0.05) is 48.8 Å². The van der Waals surface area contributed by atoms with Crippen LogP contribution in [-0.2, 0) is 4.79 Å². The summed E-state index contributed by atoms with van der Waals surface area (Å²) < 4.78 is 0. The molecule has 2 aliphatic rings. The molecule has 7 heteroatoms. The third kappa shape index (κ3) is 2.55. The standard InChI is InChI=1S/C16H18N4O2S/c21-14-10-23-15(12-9-18-13-4-2-1-3-11(12)13)20(14)8-7-19-6-5-17-16(19)22/h1-4,9,15,18H,5-8,10H2,(H,17,22). The van der Waals surface area contributed by atoms with E-state index in [2.05, 4.69) is 16.4 Å². The number of benzene rings is 1. The van der Waals surface area contributed by atoms with Crippen molar-refractivity contribution in [2.75, 3.05) is 31.9 Å². The van der Waals surface area contributed by atoms with Gasteiger partial charge in [0.15, 0.2) is 0 Å². The molecule has 0 bridgehead atoms. The van der Waals surface area contributed by atoms with Gasteiger partial charge in [0.05, 0.1) is 5.75 Å². The minimum Gasteiger partial charge on any atom is -0.361 e. The number of nitrogens with one attached hydrogen (secondary N) is 2. The molecule has 23 heavy (non-hydrogen) atoms. The number of thioether (sulfide) groups is 1. The minimum atomic E-state index is -0.0343. The van der Waals surface area contributed by atoms with E-state index in [9.17, 15) is 9.59 Å². The Balaban J connectivity index is 1.55. The maximum absolute atomic E-state index is 12.3. The van der Waals surface area contributed by atoms with Crippen LogP contribution < -0.4 is 5.32 Å². The summed E-state index contributed by atoms with van der Waals surface area (Å²) in [5.74, 6) is 0.640. The molecule has 0 spiro atoms. The van der Waals surface area contributed by atoms with E-state index in [1.807, 2.05) is 29.3 Å². The van der Waals surface area contributed by atoms with Gasteiger partial charge in [-0.1, -0.05) is 18.2 Å². The van der Waals surface area contributed by atoms with Crippen molar-refractivity contribution in [1.82, 2.24) is 20.1 Å². The van der Waals surface area contributed by atoms with Crippen LogP contribution in [0.1, 0.15) is 10.9 Å². The van der Waals surface area contributed by atoms with Crippen LogP contribution in [-0.4, -0.2) is 58.7 Å². The van der Waals surface area contributed by atoms with E-state index in [1.54, 1.807) is 16.7 Å². The lowest BCUT2D eigenvalue weighted by molar-refractivity contribution is -0.128. The largest absolute Gasteiger partial charge is 0.361 e. The number of carbonyl (C=O) groups excluding carboxylic acids is 2. The van der Waals surface area contributed by atoms with Gasteiger partial charge in [-0.3, -0.25) is 4.79 Å². The van der Waals surface area contributed by atoms with E-state index >= 15 is 0 Å². The highest BCUT2D eigenvalue weighted by Gasteiger charge is 2.34. The van der Waals surface area contributed by atoms with Gasteiger partial charge in [-0.15, -0.1) is 11.8 Å². The number of hydrogen-bond acceptors (Lipinski definition) is 3. The summed E-state index contributed by atoms with van der Waals surface area (Å²) in [6, 6.07) is 8.10. The van der Waals surface area contributed by atoms with Gasteiger partial charge in [-0.25, -0.2) is 4.79 Å². The van der Waals surface area contributed by atoms with Gasteiger partial charge < -0.3 is 20.1 Å². The minimum absolute atomic E-state index is 0.0179. The molecule has 2 aliphatic heterocycles. The van der Waals surface area contributed by atoms with Gasteiger partial charge in [-0.05, 0) is 6.07 Å². The first kappa shape index (κ1) is 14.4. The lowest BCUT2D eigenvalue weighted by atomic mass is 10.1. The number of aromatic nitrogens is 1. The van der Waals surface area contributed by atoms with Gasteiger partial charge in [0.2, 0.25) is 5.91 Å². The van der Waals surface area contributed by atoms with E-state index in [4.69, 9.17) is 0 Å². The zero-order chi connectivity index (χ0) is 15.8. The second kappa shape index (κ2) is 5.81. The number of fused-ring (bicyclic) bond motifs is 1. The first-order valence-corrected chi connectivity index (χ1v) is 8.79. The second-order valence-electron chi connectivity index (χ2n) is 5.76. The number of H-pyrrole nitrogens is 1. The molecule has 120 valence electrons. The van der Waals surface area contributed by atoms with Crippen LogP contribution in [0.3, 0.4) is 0 Å². The molecule has 3 heterocycles. The number of para-hydroxylation sites is 1. The van der Waals surface area contributed by atoms with Crippen molar-refractivity contribution < 1.29 is 9.59 Å². The number of rotatable bonds is 4. The SMILES string of the molecule is O=C1NCCN1CCN1C(=O)CSC1c1c[nH]c2ccccc12. The average Bonchev–Trinajstić information content (AvgIpc) is 3.24. The van der Waals surface area contributed by atoms with Crippen LogP contribution in [0.4, 0.5) is 4.79 Å². The summed E-state index contributed by atoms with van der Waals surface area (Å²) in [6.45, 7) is 2.56. The molecular formula is C16H18N4O2S. The summed E-state index contributed by atoms with van der Waals surface area (Å²) in [5, 5.41) is 3.97. The molecule has 0 aliphatic carbocycles. The molecule has 1 aromatic heterocycles. The number of nitrogens with zero attached hydrogens (tertiary/aromatic N) is 2. The summed E-state index contributed by atoms with van der Waals surface area (Å²) in [4.78, 5) is 30.9. The molecule has 2 saturated heterocycles. The van der Waals surface area contributed by atoms with Crippen LogP contribution in [0, 0.1) is 0 Å². The van der Waals surface area contributed by atoms with Crippen LogP contribution in [0.25, 0.3) is 10.9 Å². The van der Waals surface area contributed by atoms with E-state index in [1.165, 1.54) is 0 Å². The summed E-state index contributed by atoms with van der Waals surface area (Å²) in [6.07, 6.45) is 2.00. The molecule has 1 unspecified atom stereocenters. The van der Waals surface area contributed by atoms with Crippen molar-refractivity contribution in [2.24, 2.45) is 0 Å². The molecular weight excluding hydrogens is 312 g/mol. The molecule has 2 fully saturated rings. The highest BCUT2D eigenvalue weighted by molar-refractivity contribution is 8.00. The molecule has 6 nitrogen and oxygen atoms in total. The first-order chi connectivity index (χ1) is 11.2. The zero-order valence-corrected chi connectivity index (χ0v) is 13.4. The fourth-order valence-corrected chi connectivity index (χ4v) is 4.45. The summed E-state index contributed by atoms with van der Waals surface area (Å²) in [5.41, 5.74) is 2.23. The Hall–Kier alpha value is -2.15. The van der Waals surface area contributed by atoms with Gasteiger partial charge in [-0.2, -0.15) is 0 Å². The number of amides is 3. The molecule has 1 atom stereocenters. The van der Waals surface area contributed by atoms with Gasteiger partial charge in [0.1, 0.15) is 5.37 Å². The van der Waals surface area contributed by atoms with E-state index in [0.717, 1.165) is 16.5 Å². The van der Waals surface area contributed by atoms with Gasteiger partial charge in [0.25, 0.3) is 0 Å². The van der Waals surface area contributed by atoms with Crippen LogP contribution in [0.2, 0.25) is 0 Å². The van der Waals surface area contributed by atoms with Crippen LogP contribution in [0.5, 0.6) is 0 Å². The highest BCUT2D eigenvalue weighted by atomic mass is 32.2. The van der Waals surface area contributed by atoms with Crippen molar-refractivity contribution in [1.29, 1.82) is 0 Å². The molecule has 2 aromatic rings. The molecule has 0 saturated carbocycles. The Morgan fingerprint density at radius 3 is 2.91 bits per heavy atom. The Morgan fingerprint density at radius 1 is 1.22 bits per heavy atom. The van der Waals surface area contributed by atoms with Crippen LogP contribution >= 0.6 is 11.8 Å². The zero-order valence-electron chi connectivity index (χ0n) is 12.6. The Kier molecular flexibility index (Phi) is 3.65. The molecule has 0 radical (unpaired) electrons. The maximum atomic E-state index is 12.3. The van der Waals surface area contributed by atoms with E-state index < -0.39 is 0 Å².